The lowest BCUT2D eigenvalue weighted by Gasteiger charge is -2.27. The van der Waals surface area contributed by atoms with Crippen LogP contribution in [0.15, 0.2) is 60.2 Å². The molecule has 1 aliphatic rings. The van der Waals surface area contributed by atoms with Crippen molar-refractivity contribution in [2.75, 3.05) is 31.0 Å². The standard InChI is InChI=1S/C29H26ClN3O7/c1-16-5-8-20(11-17(16)2)33-28(36)22(27(35)32-29(33)37)12-18-13-23(30)26(24(14-18)39-4)40-15-25(34)31-19-6-9-21(38-3)10-7-19/h5-14H,15H2,1-4H3,(H,31,34)(H,32,35,37)/b22-12-. The maximum absolute atomic E-state index is 13.3. The molecule has 40 heavy (non-hydrogen) atoms. The van der Waals surface area contributed by atoms with E-state index in [0.29, 0.717) is 22.7 Å². The predicted octanol–water partition coefficient (Wildman–Crippen LogP) is 4.66. The van der Waals surface area contributed by atoms with Gasteiger partial charge in [-0.25, -0.2) is 9.69 Å². The summed E-state index contributed by atoms with van der Waals surface area (Å²) in [5, 5.41) is 4.97. The number of halogens is 1. The predicted molar refractivity (Wildman–Crippen MR) is 150 cm³/mol. The second-order valence-electron chi connectivity index (χ2n) is 8.83. The van der Waals surface area contributed by atoms with Crippen LogP contribution in [-0.4, -0.2) is 44.6 Å². The molecular formula is C29H26ClN3O7. The fourth-order valence-electron chi connectivity index (χ4n) is 3.90. The number of hydrogen-bond donors (Lipinski definition) is 2. The van der Waals surface area contributed by atoms with Gasteiger partial charge >= 0.3 is 6.03 Å². The van der Waals surface area contributed by atoms with Crippen LogP contribution in [0.25, 0.3) is 6.08 Å². The highest BCUT2D eigenvalue weighted by Gasteiger charge is 2.37. The van der Waals surface area contributed by atoms with E-state index >= 15 is 0 Å². The van der Waals surface area contributed by atoms with Gasteiger partial charge in [0.25, 0.3) is 17.7 Å². The van der Waals surface area contributed by atoms with Crippen LogP contribution >= 0.6 is 11.6 Å². The second-order valence-corrected chi connectivity index (χ2v) is 9.23. The molecule has 4 rings (SSSR count). The minimum atomic E-state index is -0.847. The van der Waals surface area contributed by atoms with Crippen LogP contribution in [0.5, 0.6) is 17.2 Å². The van der Waals surface area contributed by atoms with Crippen LogP contribution < -0.4 is 29.7 Å². The molecule has 1 aliphatic heterocycles. The molecule has 11 heteroatoms. The molecule has 0 unspecified atom stereocenters. The van der Waals surface area contributed by atoms with Crippen molar-refractivity contribution >= 4 is 52.8 Å². The van der Waals surface area contributed by atoms with E-state index in [2.05, 4.69) is 10.6 Å². The Bertz CT molecular complexity index is 1530. The Morgan fingerprint density at radius 2 is 1.70 bits per heavy atom. The Labute approximate surface area is 235 Å². The molecule has 1 fully saturated rings. The van der Waals surface area contributed by atoms with E-state index in [1.165, 1.54) is 25.3 Å². The van der Waals surface area contributed by atoms with Crippen molar-refractivity contribution in [3.05, 3.63) is 81.9 Å². The molecular weight excluding hydrogens is 538 g/mol. The van der Waals surface area contributed by atoms with Gasteiger partial charge in [-0.2, -0.15) is 0 Å². The Morgan fingerprint density at radius 3 is 2.35 bits per heavy atom. The van der Waals surface area contributed by atoms with Crippen molar-refractivity contribution in [1.29, 1.82) is 0 Å². The number of nitrogens with zero attached hydrogens (tertiary/aromatic N) is 1. The molecule has 10 nitrogen and oxygen atoms in total. The number of barbiturate groups is 1. The Balaban J connectivity index is 1.54. The molecule has 2 N–H and O–H groups in total. The Morgan fingerprint density at radius 1 is 0.975 bits per heavy atom. The van der Waals surface area contributed by atoms with Gasteiger partial charge in [0.05, 0.1) is 24.9 Å². The van der Waals surface area contributed by atoms with E-state index < -0.39 is 23.8 Å². The van der Waals surface area contributed by atoms with E-state index in [1.807, 2.05) is 13.8 Å². The third kappa shape index (κ3) is 6.08. The van der Waals surface area contributed by atoms with E-state index in [9.17, 15) is 19.2 Å². The minimum absolute atomic E-state index is 0.0780. The van der Waals surface area contributed by atoms with Gasteiger partial charge in [-0.15, -0.1) is 0 Å². The van der Waals surface area contributed by atoms with Crippen LogP contribution in [0.1, 0.15) is 16.7 Å². The SMILES string of the molecule is COc1ccc(NC(=O)COc2c(Cl)cc(/C=C3/C(=O)NC(=O)N(c4ccc(C)c(C)c4)C3=O)cc2OC)cc1. The average Bonchev–Trinajstić information content (AvgIpc) is 2.92. The van der Waals surface area contributed by atoms with E-state index in [1.54, 1.807) is 49.6 Å². The van der Waals surface area contributed by atoms with Crippen LogP contribution in [0.3, 0.4) is 0 Å². The summed E-state index contributed by atoms with van der Waals surface area (Å²) in [4.78, 5) is 51.7. The molecule has 0 bridgehead atoms. The number of benzene rings is 3. The molecule has 3 aromatic rings. The highest BCUT2D eigenvalue weighted by Crippen LogP contribution is 2.37. The van der Waals surface area contributed by atoms with Gasteiger partial charge in [-0.05, 0) is 85.1 Å². The maximum atomic E-state index is 13.3. The molecule has 206 valence electrons. The smallest absolute Gasteiger partial charge is 0.335 e. The number of nitrogens with one attached hydrogen (secondary N) is 2. The Kier molecular flexibility index (Phi) is 8.40. The second kappa shape index (κ2) is 11.9. The summed E-state index contributed by atoms with van der Waals surface area (Å²) in [6.07, 6.45) is 1.30. The van der Waals surface area contributed by atoms with E-state index in [-0.39, 0.29) is 28.7 Å². The summed E-state index contributed by atoms with van der Waals surface area (Å²) in [6.45, 7) is 3.40. The summed E-state index contributed by atoms with van der Waals surface area (Å²) in [7, 11) is 2.93. The zero-order chi connectivity index (χ0) is 29.0. The molecule has 0 radical (unpaired) electrons. The number of methoxy groups -OCH3 is 2. The van der Waals surface area contributed by atoms with Gasteiger partial charge in [0.1, 0.15) is 11.3 Å². The largest absolute Gasteiger partial charge is 0.497 e. The summed E-state index contributed by atoms with van der Waals surface area (Å²) >= 11 is 6.43. The maximum Gasteiger partial charge on any atom is 0.335 e. The summed E-state index contributed by atoms with van der Waals surface area (Å²) in [5.41, 5.74) is 2.82. The van der Waals surface area contributed by atoms with Crippen LogP contribution in [-0.2, 0) is 14.4 Å². The first-order valence-electron chi connectivity index (χ1n) is 12.0. The molecule has 0 saturated carbocycles. The third-order valence-corrected chi connectivity index (χ3v) is 6.42. The quantitative estimate of drug-likeness (QED) is 0.302. The lowest BCUT2D eigenvalue weighted by Crippen LogP contribution is -2.54. The van der Waals surface area contributed by atoms with Gasteiger partial charge in [-0.3, -0.25) is 19.7 Å². The van der Waals surface area contributed by atoms with Crippen LogP contribution in [0, 0.1) is 13.8 Å². The van der Waals surface area contributed by atoms with Gasteiger partial charge in [0.2, 0.25) is 0 Å². The normalized spacial score (nSPS) is 14.2. The first kappa shape index (κ1) is 28.2. The highest BCUT2D eigenvalue weighted by molar-refractivity contribution is 6.39. The van der Waals surface area contributed by atoms with Crippen molar-refractivity contribution in [1.82, 2.24) is 5.32 Å². The highest BCUT2D eigenvalue weighted by atomic mass is 35.5. The summed E-state index contributed by atoms with van der Waals surface area (Å²) < 4.78 is 16.1. The van der Waals surface area contributed by atoms with Gasteiger partial charge in [0.15, 0.2) is 18.1 Å². The number of aryl methyl sites for hydroxylation is 2. The van der Waals surface area contributed by atoms with Gasteiger partial charge < -0.3 is 19.5 Å². The molecule has 5 amide bonds. The lowest BCUT2D eigenvalue weighted by molar-refractivity contribution is -0.122. The number of carbonyl (C=O) groups excluding carboxylic acids is 4. The number of urea groups is 1. The molecule has 1 saturated heterocycles. The number of hydrogen-bond acceptors (Lipinski definition) is 7. The molecule has 0 aliphatic carbocycles. The lowest BCUT2D eigenvalue weighted by atomic mass is 10.0. The van der Waals surface area contributed by atoms with E-state index in [4.69, 9.17) is 25.8 Å². The zero-order valence-corrected chi connectivity index (χ0v) is 22.9. The van der Waals surface area contributed by atoms with Crippen LogP contribution in [0.2, 0.25) is 5.02 Å². The monoisotopic (exact) mass is 563 g/mol. The number of carbonyl (C=O) groups is 4. The molecule has 0 aromatic heterocycles. The van der Waals surface area contributed by atoms with Crippen molar-refractivity contribution in [3.8, 4) is 17.2 Å². The summed E-state index contributed by atoms with van der Waals surface area (Å²) in [5.74, 6) is -1.15. The number of rotatable bonds is 8. The van der Waals surface area contributed by atoms with Gasteiger partial charge in [-0.1, -0.05) is 17.7 Å². The fraction of sp³-hybridized carbons (Fsp3) is 0.172. The van der Waals surface area contributed by atoms with Crippen LogP contribution in [0.4, 0.5) is 16.2 Å². The fourth-order valence-corrected chi connectivity index (χ4v) is 4.17. The van der Waals surface area contributed by atoms with Crippen molar-refractivity contribution in [2.24, 2.45) is 0 Å². The number of imide groups is 2. The number of ether oxygens (including phenoxy) is 3. The molecule has 3 aromatic carbocycles. The topological polar surface area (TPSA) is 123 Å². The van der Waals surface area contributed by atoms with Crippen molar-refractivity contribution in [2.45, 2.75) is 13.8 Å². The number of amides is 5. The molecule has 0 atom stereocenters. The van der Waals surface area contributed by atoms with E-state index in [0.717, 1.165) is 16.0 Å². The first-order chi connectivity index (χ1) is 19.1. The minimum Gasteiger partial charge on any atom is -0.497 e. The summed E-state index contributed by atoms with van der Waals surface area (Å²) in [6, 6.07) is 14.0. The molecule has 1 heterocycles. The first-order valence-corrected chi connectivity index (χ1v) is 12.4. The zero-order valence-electron chi connectivity index (χ0n) is 22.2. The molecule has 0 spiro atoms. The van der Waals surface area contributed by atoms with Crippen molar-refractivity contribution in [3.63, 3.8) is 0 Å². The van der Waals surface area contributed by atoms with Gasteiger partial charge in [0, 0.05) is 5.69 Å². The van der Waals surface area contributed by atoms with Crippen molar-refractivity contribution < 1.29 is 33.4 Å². The third-order valence-electron chi connectivity index (χ3n) is 6.13. The number of anilines is 2. The average molecular weight is 564 g/mol. The Hall–Kier alpha value is -4.83.